The van der Waals surface area contributed by atoms with Crippen LogP contribution in [0.3, 0.4) is 0 Å². The molecule has 0 radical (unpaired) electrons. The predicted molar refractivity (Wildman–Crippen MR) is 92.5 cm³/mol. The molecular weight excluding hydrogens is 301 g/mol. The Hall–Kier alpha value is -1.02. The van der Waals surface area contributed by atoms with Gasteiger partial charge in [0.2, 0.25) is 0 Å². The molecule has 2 unspecified atom stereocenters. The van der Waals surface area contributed by atoms with E-state index in [9.17, 15) is 0 Å². The first-order chi connectivity index (χ1) is 10.1. The number of hydrogen-bond donors (Lipinski definition) is 1. The Morgan fingerprint density at radius 2 is 1.62 bits per heavy atom. The highest BCUT2D eigenvalue weighted by Gasteiger charge is 2.15. The summed E-state index contributed by atoms with van der Waals surface area (Å²) in [6.07, 6.45) is 1.15. The molecule has 1 nitrogen and oxygen atoms in total. The van der Waals surface area contributed by atoms with Crippen molar-refractivity contribution in [1.29, 1.82) is 0 Å². The summed E-state index contributed by atoms with van der Waals surface area (Å²) < 4.78 is 0. The van der Waals surface area contributed by atoms with Gasteiger partial charge in [-0.3, -0.25) is 0 Å². The molecule has 0 bridgehead atoms. The summed E-state index contributed by atoms with van der Waals surface area (Å²) in [5.74, 6) is 0.589. The minimum Gasteiger partial charge on any atom is -0.309 e. The molecule has 0 saturated heterocycles. The molecule has 0 saturated carbocycles. The van der Waals surface area contributed by atoms with Crippen LogP contribution in [-0.2, 0) is 0 Å². The maximum atomic E-state index is 6.33. The van der Waals surface area contributed by atoms with E-state index in [1.165, 1.54) is 11.1 Å². The van der Waals surface area contributed by atoms with E-state index in [4.69, 9.17) is 23.2 Å². The molecule has 2 aromatic rings. The van der Waals surface area contributed by atoms with Crippen molar-refractivity contribution in [3.8, 4) is 0 Å². The Balaban J connectivity index is 2.33. The monoisotopic (exact) mass is 321 g/mol. The maximum absolute atomic E-state index is 6.33. The zero-order chi connectivity index (χ0) is 15.4. The van der Waals surface area contributed by atoms with Gasteiger partial charge in [0, 0.05) is 10.0 Å². The molecule has 3 heteroatoms. The molecule has 2 rings (SSSR count). The normalized spacial score (nSPS) is 14.0. The third kappa shape index (κ3) is 3.79. The van der Waals surface area contributed by atoms with Crippen LogP contribution in [0.4, 0.5) is 0 Å². The first-order valence-electron chi connectivity index (χ1n) is 7.28. The summed E-state index contributed by atoms with van der Waals surface area (Å²) in [4.78, 5) is 0. The fourth-order valence-corrected chi connectivity index (χ4v) is 3.01. The van der Waals surface area contributed by atoms with Crippen LogP contribution >= 0.6 is 23.2 Å². The quantitative estimate of drug-likeness (QED) is 0.732. The van der Waals surface area contributed by atoms with E-state index < -0.39 is 0 Å². The molecule has 1 N–H and O–H groups in total. The average molecular weight is 322 g/mol. The highest BCUT2D eigenvalue weighted by Crippen LogP contribution is 2.31. The van der Waals surface area contributed by atoms with Gasteiger partial charge in [-0.1, -0.05) is 67.4 Å². The second-order valence-electron chi connectivity index (χ2n) is 5.36. The van der Waals surface area contributed by atoms with Crippen molar-refractivity contribution in [1.82, 2.24) is 5.32 Å². The molecular formula is C18H21Cl2N. The van der Waals surface area contributed by atoms with E-state index in [2.05, 4.69) is 43.4 Å². The fraction of sp³-hybridized carbons (Fsp3) is 0.333. The number of benzene rings is 2. The summed E-state index contributed by atoms with van der Waals surface area (Å²) in [6.45, 7) is 4.46. The molecule has 0 aromatic heterocycles. The van der Waals surface area contributed by atoms with Gasteiger partial charge < -0.3 is 5.32 Å². The zero-order valence-electron chi connectivity index (χ0n) is 12.7. The lowest BCUT2D eigenvalue weighted by Crippen LogP contribution is -2.18. The summed E-state index contributed by atoms with van der Waals surface area (Å²) in [6, 6.07) is 14.5. The Morgan fingerprint density at radius 3 is 2.14 bits per heavy atom. The van der Waals surface area contributed by atoms with E-state index in [0.29, 0.717) is 16.0 Å². The van der Waals surface area contributed by atoms with Gasteiger partial charge in [0.05, 0.1) is 6.04 Å². The Kier molecular flexibility index (Phi) is 5.69. The van der Waals surface area contributed by atoms with Crippen molar-refractivity contribution in [2.45, 2.75) is 32.2 Å². The molecule has 0 amide bonds. The van der Waals surface area contributed by atoms with Crippen LogP contribution in [0.5, 0.6) is 0 Å². The van der Waals surface area contributed by atoms with Crippen molar-refractivity contribution in [3.05, 3.63) is 69.2 Å². The lowest BCUT2D eigenvalue weighted by molar-refractivity contribution is 0.688. The molecule has 0 aliphatic heterocycles. The van der Waals surface area contributed by atoms with Crippen molar-refractivity contribution in [2.24, 2.45) is 0 Å². The highest BCUT2D eigenvalue weighted by atomic mass is 35.5. The number of nitrogens with one attached hydrogen (secondary N) is 1. The molecule has 0 fully saturated rings. The van der Waals surface area contributed by atoms with E-state index >= 15 is 0 Å². The predicted octanol–water partition coefficient (Wildman–Crippen LogP) is 5.82. The second-order valence-corrected chi connectivity index (χ2v) is 6.21. The number of halogens is 2. The first kappa shape index (κ1) is 16.4. The summed E-state index contributed by atoms with van der Waals surface area (Å²) in [5.41, 5.74) is 3.62. The first-order valence-corrected chi connectivity index (χ1v) is 8.04. The maximum Gasteiger partial charge on any atom is 0.0589 e. The summed E-state index contributed by atoms with van der Waals surface area (Å²) in [7, 11) is 1.94. The van der Waals surface area contributed by atoms with Gasteiger partial charge in [0.1, 0.15) is 0 Å². The molecule has 0 aliphatic rings. The summed E-state index contributed by atoms with van der Waals surface area (Å²) >= 11 is 12.3. The van der Waals surface area contributed by atoms with Gasteiger partial charge in [-0.15, -0.1) is 0 Å². The lowest BCUT2D eigenvalue weighted by Gasteiger charge is -2.20. The van der Waals surface area contributed by atoms with E-state index in [1.54, 1.807) is 6.07 Å². The molecule has 0 heterocycles. The van der Waals surface area contributed by atoms with Crippen LogP contribution in [0.1, 0.15) is 48.9 Å². The second kappa shape index (κ2) is 7.31. The van der Waals surface area contributed by atoms with Gasteiger partial charge in [0.15, 0.2) is 0 Å². The van der Waals surface area contributed by atoms with Crippen LogP contribution in [-0.4, -0.2) is 7.05 Å². The van der Waals surface area contributed by atoms with Crippen LogP contribution in [0.25, 0.3) is 0 Å². The minimum atomic E-state index is 0.0701. The van der Waals surface area contributed by atoms with E-state index in [1.807, 2.05) is 19.2 Å². The molecule has 0 aliphatic carbocycles. The van der Waals surface area contributed by atoms with Gasteiger partial charge in [-0.2, -0.15) is 0 Å². The number of rotatable bonds is 5. The fourth-order valence-electron chi connectivity index (χ4n) is 2.49. The smallest absolute Gasteiger partial charge is 0.0589 e. The van der Waals surface area contributed by atoms with Crippen LogP contribution < -0.4 is 5.32 Å². The molecule has 2 atom stereocenters. The van der Waals surface area contributed by atoms with Crippen LogP contribution in [0.15, 0.2) is 42.5 Å². The van der Waals surface area contributed by atoms with E-state index in [-0.39, 0.29) is 6.04 Å². The van der Waals surface area contributed by atoms with Crippen LogP contribution in [0, 0.1) is 0 Å². The average Bonchev–Trinajstić information content (AvgIpc) is 2.50. The van der Waals surface area contributed by atoms with Gasteiger partial charge in [-0.05, 0) is 48.2 Å². The molecule has 112 valence electrons. The van der Waals surface area contributed by atoms with Crippen molar-refractivity contribution in [2.75, 3.05) is 7.05 Å². The van der Waals surface area contributed by atoms with Crippen molar-refractivity contribution < 1.29 is 0 Å². The topological polar surface area (TPSA) is 12.0 Å². The standard InChI is InChI=1S/C18H21Cl2N/c1-4-12(2)13-5-7-14(8-6-13)18(21-3)16-10-9-15(19)11-17(16)20/h5-12,18,21H,4H2,1-3H3. The Morgan fingerprint density at radius 1 is 1.00 bits per heavy atom. The van der Waals surface area contributed by atoms with Gasteiger partial charge in [0.25, 0.3) is 0 Å². The third-order valence-corrected chi connectivity index (χ3v) is 4.58. The number of hydrogen-bond acceptors (Lipinski definition) is 1. The van der Waals surface area contributed by atoms with E-state index in [0.717, 1.165) is 12.0 Å². The Labute approximate surface area is 137 Å². The molecule has 0 spiro atoms. The van der Waals surface area contributed by atoms with Gasteiger partial charge >= 0.3 is 0 Å². The lowest BCUT2D eigenvalue weighted by atomic mass is 9.93. The molecule has 21 heavy (non-hydrogen) atoms. The van der Waals surface area contributed by atoms with Crippen LogP contribution in [0.2, 0.25) is 10.0 Å². The zero-order valence-corrected chi connectivity index (χ0v) is 14.2. The van der Waals surface area contributed by atoms with Crippen molar-refractivity contribution >= 4 is 23.2 Å². The SMILES string of the molecule is CCC(C)c1ccc(C(NC)c2ccc(Cl)cc2Cl)cc1. The largest absolute Gasteiger partial charge is 0.309 e. The minimum absolute atomic E-state index is 0.0701. The van der Waals surface area contributed by atoms with Gasteiger partial charge in [-0.25, -0.2) is 0 Å². The Bertz CT molecular complexity index is 593. The third-order valence-electron chi connectivity index (χ3n) is 4.01. The molecule has 2 aromatic carbocycles. The highest BCUT2D eigenvalue weighted by molar-refractivity contribution is 6.35. The summed E-state index contributed by atoms with van der Waals surface area (Å²) in [5, 5.41) is 4.68. The van der Waals surface area contributed by atoms with Crippen molar-refractivity contribution in [3.63, 3.8) is 0 Å².